The summed E-state index contributed by atoms with van der Waals surface area (Å²) < 4.78 is 4.71. The van der Waals surface area contributed by atoms with Crippen LogP contribution in [0.2, 0.25) is 0 Å². The van der Waals surface area contributed by atoms with Crippen molar-refractivity contribution >= 4 is 5.97 Å². The van der Waals surface area contributed by atoms with E-state index in [2.05, 4.69) is 6.07 Å². The Hall–Kier alpha value is -1.31. The van der Waals surface area contributed by atoms with Crippen LogP contribution >= 0.6 is 0 Å². The molecule has 0 saturated carbocycles. The molecule has 0 aliphatic heterocycles. The molecule has 0 radical (unpaired) electrons. The van der Waals surface area contributed by atoms with Gasteiger partial charge in [0.05, 0.1) is 13.0 Å². The average Bonchev–Trinajstić information content (AvgIpc) is 2.14. The first-order valence-electron chi connectivity index (χ1n) is 4.70. The number of benzene rings is 1. The van der Waals surface area contributed by atoms with Gasteiger partial charge >= 0.3 is 5.97 Å². The van der Waals surface area contributed by atoms with Crippen molar-refractivity contribution in [2.24, 2.45) is 0 Å². The van der Waals surface area contributed by atoms with Gasteiger partial charge in [0.15, 0.2) is 0 Å². The van der Waals surface area contributed by atoms with Crippen molar-refractivity contribution in [1.82, 2.24) is 0 Å². The van der Waals surface area contributed by atoms with Crippen molar-refractivity contribution < 1.29 is 9.53 Å². The zero-order valence-corrected chi connectivity index (χ0v) is 9.13. The molecule has 1 aromatic rings. The predicted octanol–water partition coefficient (Wildman–Crippen LogP) is 2.58. The van der Waals surface area contributed by atoms with Crippen LogP contribution in [0.5, 0.6) is 0 Å². The molecule has 0 aliphatic rings. The molecule has 2 heteroatoms. The van der Waals surface area contributed by atoms with Crippen molar-refractivity contribution in [3.05, 3.63) is 34.9 Å². The highest BCUT2D eigenvalue weighted by molar-refractivity contribution is 5.77. The second kappa shape index (κ2) is 4.27. The first-order chi connectivity index (χ1) is 6.54. The van der Waals surface area contributed by atoms with E-state index in [0.717, 1.165) is 5.56 Å². The molecule has 1 rings (SSSR count). The Morgan fingerprint density at radius 1 is 1.21 bits per heavy atom. The van der Waals surface area contributed by atoms with Gasteiger partial charge in [0.1, 0.15) is 0 Å². The predicted molar refractivity (Wildman–Crippen MR) is 56.3 cm³/mol. The molecule has 0 saturated heterocycles. The maximum Gasteiger partial charge on any atom is 0.312 e. The molecule has 1 aromatic carbocycles. The van der Waals surface area contributed by atoms with E-state index in [1.54, 1.807) is 0 Å². The minimum absolute atomic E-state index is 0.182. The van der Waals surface area contributed by atoms with Crippen LogP contribution in [0, 0.1) is 13.8 Å². The second-order valence-corrected chi connectivity index (χ2v) is 3.67. The summed E-state index contributed by atoms with van der Waals surface area (Å²) in [6, 6.07) is 6.14. The summed E-state index contributed by atoms with van der Waals surface area (Å²) in [4.78, 5) is 11.3. The van der Waals surface area contributed by atoms with E-state index < -0.39 is 0 Å². The quantitative estimate of drug-likeness (QED) is 0.673. The summed E-state index contributed by atoms with van der Waals surface area (Å²) in [6.45, 7) is 5.92. The molecule has 0 unspecified atom stereocenters. The minimum atomic E-state index is -0.185. The molecule has 1 atom stereocenters. The number of hydrogen-bond acceptors (Lipinski definition) is 2. The van der Waals surface area contributed by atoms with Gasteiger partial charge in [-0.3, -0.25) is 4.79 Å². The molecule has 76 valence electrons. The molecular formula is C12H16O2. The number of hydrogen-bond donors (Lipinski definition) is 0. The van der Waals surface area contributed by atoms with Crippen LogP contribution in [-0.4, -0.2) is 13.1 Å². The largest absolute Gasteiger partial charge is 0.469 e. The molecule has 14 heavy (non-hydrogen) atoms. The van der Waals surface area contributed by atoms with E-state index in [0.29, 0.717) is 0 Å². The van der Waals surface area contributed by atoms with Crippen LogP contribution in [-0.2, 0) is 9.53 Å². The van der Waals surface area contributed by atoms with E-state index in [-0.39, 0.29) is 11.9 Å². The Morgan fingerprint density at radius 3 is 2.14 bits per heavy atom. The van der Waals surface area contributed by atoms with Gasteiger partial charge in [-0.25, -0.2) is 0 Å². The molecule has 0 aliphatic carbocycles. The summed E-state index contributed by atoms with van der Waals surface area (Å²) >= 11 is 0. The van der Waals surface area contributed by atoms with Crippen molar-refractivity contribution in [3.63, 3.8) is 0 Å². The van der Waals surface area contributed by atoms with Crippen LogP contribution < -0.4 is 0 Å². The molecule has 0 amide bonds. The van der Waals surface area contributed by atoms with Crippen LogP contribution in [0.4, 0.5) is 0 Å². The van der Waals surface area contributed by atoms with Gasteiger partial charge in [-0.15, -0.1) is 0 Å². The van der Waals surface area contributed by atoms with Gasteiger partial charge in [0, 0.05) is 0 Å². The average molecular weight is 192 g/mol. The SMILES string of the molecule is COC(=O)[C@@H](C)c1cc(C)cc(C)c1. The smallest absolute Gasteiger partial charge is 0.312 e. The fourth-order valence-corrected chi connectivity index (χ4v) is 1.57. The third-order valence-corrected chi connectivity index (χ3v) is 2.30. The van der Waals surface area contributed by atoms with E-state index in [9.17, 15) is 4.79 Å². The van der Waals surface area contributed by atoms with Gasteiger partial charge in [-0.1, -0.05) is 29.3 Å². The molecule has 0 heterocycles. The zero-order chi connectivity index (χ0) is 10.7. The third kappa shape index (κ3) is 2.34. The normalized spacial score (nSPS) is 12.3. The van der Waals surface area contributed by atoms with Crippen molar-refractivity contribution in [1.29, 1.82) is 0 Å². The van der Waals surface area contributed by atoms with Gasteiger partial charge < -0.3 is 4.74 Å². The van der Waals surface area contributed by atoms with Crippen LogP contribution in [0.25, 0.3) is 0 Å². The fraction of sp³-hybridized carbons (Fsp3) is 0.417. The number of rotatable bonds is 2. The summed E-state index contributed by atoms with van der Waals surface area (Å²) in [5, 5.41) is 0. The fourth-order valence-electron chi connectivity index (χ4n) is 1.57. The maximum absolute atomic E-state index is 11.3. The maximum atomic E-state index is 11.3. The zero-order valence-electron chi connectivity index (χ0n) is 9.13. The van der Waals surface area contributed by atoms with Crippen molar-refractivity contribution in [2.45, 2.75) is 26.7 Å². The van der Waals surface area contributed by atoms with E-state index in [4.69, 9.17) is 4.74 Å². The molecular weight excluding hydrogens is 176 g/mol. The monoisotopic (exact) mass is 192 g/mol. The molecule has 2 nitrogen and oxygen atoms in total. The first-order valence-corrected chi connectivity index (χ1v) is 4.70. The standard InChI is InChI=1S/C12H16O2/c1-8-5-9(2)7-11(6-8)10(3)12(13)14-4/h5-7,10H,1-4H3/t10-/m0/s1. The lowest BCUT2D eigenvalue weighted by molar-refractivity contribution is -0.141. The summed E-state index contributed by atoms with van der Waals surface area (Å²) in [7, 11) is 1.42. The number of methoxy groups -OCH3 is 1. The topological polar surface area (TPSA) is 26.3 Å². The minimum Gasteiger partial charge on any atom is -0.469 e. The molecule has 0 spiro atoms. The van der Waals surface area contributed by atoms with Crippen LogP contribution in [0.1, 0.15) is 29.5 Å². The lowest BCUT2D eigenvalue weighted by Gasteiger charge is -2.11. The summed E-state index contributed by atoms with van der Waals surface area (Å²) in [6.07, 6.45) is 0. The Bertz CT molecular complexity index is 322. The van der Waals surface area contributed by atoms with Crippen LogP contribution in [0.15, 0.2) is 18.2 Å². The Balaban J connectivity index is 3.00. The number of aryl methyl sites for hydroxylation is 2. The highest BCUT2D eigenvalue weighted by Crippen LogP contribution is 2.19. The lowest BCUT2D eigenvalue weighted by atomic mass is 9.97. The highest BCUT2D eigenvalue weighted by atomic mass is 16.5. The number of carbonyl (C=O) groups excluding carboxylic acids is 1. The third-order valence-electron chi connectivity index (χ3n) is 2.30. The number of carbonyl (C=O) groups is 1. The summed E-state index contributed by atoms with van der Waals surface area (Å²) in [5.74, 6) is -0.367. The van der Waals surface area contributed by atoms with Gasteiger partial charge in [-0.05, 0) is 26.3 Å². The number of ether oxygens (including phenoxy) is 1. The van der Waals surface area contributed by atoms with Crippen molar-refractivity contribution in [3.8, 4) is 0 Å². The summed E-state index contributed by atoms with van der Waals surface area (Å²) in [5.41, 5.74) is 3.38. The molecule has 0 aromatic heterocycles. The first kappa shape index (κ1) is 10.8. The van der Waals surface area contributed by atoms with Crippen LogP contribution in [0.3, 0.4) is 0 Å². The molecule has 0 fully saturated rings. The van der Waals surface area contributed by atoms with Gasteiger partial charge in [-0.2, -0.15) is 0 Å². The Morgan fingerprint density at radius 2 is 1.71 bits per heavy atom. The number of esters is 1. The lowest BCUT2D eigenvalue weighted by Crippen LogP contribution is -2.11. The van der Waals surface area contributed by atoms with Gasteiger partial charge in [0.25, 0.3) is 0 Å². The van der Waals surface area contributed by atoms with E-state index >= 15 is 0 Å². The van der Waals surface area contributed by atoms with Gasteiger partial charge in [0.2, 0.25) is 0 Å². The molecule has 0 N–H and O–H groups in total. The Labute approximate surface area is 84.9 Å². The van der Waals surface area contributed by atoms with E-state index in [1.165, 1.54) is 18.2 Å². The highest BCUT2D eigenvalue weighted by Gasteiger charge is 2.15. The van der Waals surface area contributed by atoms with Crippen molar-refractivity contribution in [2.75, 3.05) is 7.11 Å². The molecule has 0 bridgehead atoms. The second-order valence-electron chi connectivity index (χ2n) is 3.67. The Kier molecular flexibility index (Phi) is 3.28. The van der Waals surface area contributed by atoms with E-state index in [1.807, 2.05) is 32.9 Å².